The van der Waals surface area contributed by atoms with Crippen molar-refractivity contribution < 1.29 is 28.6 Å². The Morgan fingerprint density at radius 2 is 1.89 bits per heavy atom. The van der Waals surface area contributed by atoms with Gasteiger partial charge in [-0.1, -0.05) is 12.1 Å². The lowest BCUT2D eigenvalue weighted by atomic mass is 10.1. The maximum absolute atomic E-state index is 12.8. The number of nitrogen functional groups attached to an aromatic ring is 1. The number of ether oxygens (including phenoxy) is 3. The number of methoxy groups -OCH3 is 1. The predicted octanol–water partition coefficient (Wildman–Crippen LogP) is 0.554. The number of amidine groups is 1. The number of hydrogen-bond donors (Lipinski definition) is 4. The number of esters is 2. The zero-order valence-corrected chi connectivity index (χ0v) is 19.4. The summed E-state index contributed by atoms with van der Waals surface area (Å²) in [6, 6.07) is 8.63. The van der Waals surface area contributed by atoms with Gasteiger partial charge in [-0.25, -0.2) is 9.59 Å². The number of carbonyl (C=O) groups excluding carboxylic acids is 3. The molecule has 1 aromatic heterocycles. The Bertz CT molecular complexity index is 1040. The molecule has 0 aliphatic carbocycles. The summed E-state index contributed by atoms with van der Waals surface area (Å²) in [6.45, 7) is 1.25. The molecule has 0 saturated carbocycles. The van der Waals surface area contributed by atoms with Crippen LogP contribution < -0.4 is 21.1 Å². The van der Waals surface area contributed by atoms with Crippen molar-refractivity contribution in [1.82, 2.24) is 15.6 Å². The van der Waals surface area contributed by atoms with E-state index in [2.05, 4.69) is 15.6 Å². The Morgan fingerprint density at radius 3 is 2.49 bits per heavy atom. The summed E-state index contributed by atoms with van der Waals surface area (Å²) >= 11 is 0. The normalized spacial score (nSPS) is 14.5. The minimum atomic E-state index is -1.16. The molecule has 5 N–H and O–H groups in total. The molecule has 1 aliphatic rings. The molecular weight excluding hydrogens is 454 g/mol. The van der Waals surface area contributed by atoms with Gasteiger partial charge in [0.2, 0.25) is 0 Å². The first-order valence-corrected chi connectivity index (χ1v) is 11.2. The Labute approximate surface area is 202 Å². The maximum atomic E-state index is 12.8. The van der Waals surface area contributed by atoms with Crippen LogP contribution in [0, 0.1) is 5.41 Å². The van der Waals surface area contributed by atoms with Gasteiger partial charge in [0.1, 0.15) is 29.9 Å². The number of nitrogens with two attached hydrogens (primary N) is 1. The Balaban J connectivity index is 1.66. The number of amides is 1. The predicted molar refractivity (Wildman–Crippen MR) is 126 cm³/mol. The number of nitrogens with zero attached hydrogens (tertiary/aromatic N) is 1. The van der Waals surface area contributed by atoms with Gasteiger partial charge in [0.15, 0.2) is 0 Å². The number of aromatic nitrogens is 1. The van der Waals surface area contributed by atoms with E-state index in [0.29, 0.717) is 16.9 Å². The summed E-state index contributed by atoms with van der Waals surface area (Å²) in [7, 11) is 1.54. The molecule has 1 fully saturated rings. The first-order chi connectivity index (χ1) is 16.9. The Kier molecular flexibility index (Phi) is 9.27. The quantitative estimate of drug-likeness (QED) is 0.163. The largest absolute Gasteiger partial charge is 0.497 e. The third kappa shape index (κ3) is 7.87. The molecule has 1 aliphatic heterocycles. The van der Waals surface area contributed by atoms with Crippen molar-refractivity contribution in [3.8, 4) is 5.75 Å². The number of nitrogens with one attached hydrogen (secondary N) is 3. The van der Waals surface area contributed by atoms with Gasteiger partial charge >= 0.3 is 11.9 Å². The van der Waals surface area contributed by atoms with E-state index in [9.17, 15) is 14.4 Å². The highest BCUT2D eigenvalue weighted by atomic mass is 16.6. The Hall–Kier alpha value is -3.83. The maximum Gasteiger partial charge on any atom is 0.339 e. The number of piperidine rings is 1. The topological polar surface area (TPSA) is 166 Å². The van der Waals surface area contributed by atoms with Crippen LogP contribution in [-0.4, -0.2) is 67.6 Å². The molecule has 1 saturated heterocycles. The molecule has 0 spiro atoms. The molecule has 2 heterocycles. The fraction of sp³-hybridized carbons (Fsp3) is 0.375. The molecular formula is C24H29N5O6. The third-order valence-electron chi connectivity index (χ3n) is 5.43. The summed E-state index contributed by atoms with van der Waals surface area (Å²) in [5.74, 6) is -1.93. The summed E-state index contributed by atoms with van der Waals surface area (Å²) in [4.78, 5) is 41.8. The second-order valence-electron chi connectivity index (χ2n) is 7.98. The van der Waals surface area contributed by atoms with Crippen LogP contribution in [0.5, 0.6) is 5.75 Å². The molecule has 11 nitrogen and oxygen atoms in total. The van der Waals surface area contributed by atoms with Gasteiger partial charge in [-0.2, -0.15) is 0 Å². The lowest BCUT2D eigenvalue weighted by Crippen LogP contribution is -2.44. The van der Waals surface area contributed by atoms with Crippen molar-refractivity contribution >= 4 is 23.7 Å². The summed E-state index contributed by atoms with van der Waals surface area (Å²) in [5.41, 5.74) is 6.50. The standard InChI is InChI=1S/C24H29N5O6/c1-33-17-5-2-15(3-6-17)12-20(29-23(31)19-7-4-16(13-28-19)22(25)26)24(32)35-21(30)14-34-18-8-10-27-11-9-18/h2-7,13,18,20,27H,8-12,14H2,1H3,(H3,25,26)(H,29,31)/t20-/m0/s1. The van der Waals surface area contributed by atoms with Crippen molar-refractivity contribution in [2.75, 3.05) is 26.8 Å². The van der Waals surface area contributed by atoms with E-state index in [-0.39, 0.29) is 30.7 Å². The highest BCUT2D eigenvalue weighted by molar-refractivity contribution is 5.98. The molecule has 1 atom stereocenters. The fourth-order valence-electron chi connectivity index (χ4n) is 3.47. The molecule has 1 aromatic carbocycles. The van der Waals surface area contributed by atoms with Gasteiger partial charge in [-0.15, -0.1) is 0 Å². The van der Waals surface area contributed by atoms with Crippen LogP contribution in [0.3, 0.4) is 0 Å². The zero-order valence-electron chi connectivity index (χ0n) is 19.4. The molecule has 0 unspecified atom stereocenters. The smallest absolute Gasteiger partial charge is 0.339 e. The van der Waals surface area contributed by atoms with E-state index < -0.39 is 23.9 Å². The number of carbonyl (C=O) groups is 3. The van der Waals surface area contributed by atoms with E-state index >= 15 is 0 Å². The van der Waals surface area contributed by atoms with Gasteiger partial charge in [-0.3, -0.25) is 15.2 Å². The van der Waals surface area contributed by atoms with Crippen LogP contribution in [0.4, 0.5) is 0 Å². The van der Waals surface area contributed by atoms with E-state index in [1.165, 1.54) is 25.4 Å². The molecule has 3 rings (SSSR count). The molecule has 35 heavy (non-hydrogen) atoms. The third-order valence-corrected chi connectivity index (χ3v) is 5.43. The van der Waals surface area contributed by atoms with Crippen molar-refractivity contribution in [1.29, 1.82) is 5.41 Å². The average Bonchev–Trinajstić information content (AvgIpc) is 2.88. The van der Waals surface area contributed by atoms with Crippen LogP contribution in [0.15, 0.2) is 42.6 Å². The van der Waals surface area contributed by atoms with Gasteiger partial charge in [0.25, 0.3) is 5.91 Å². The van der Waals surface area contributed by atoms with Crippen molar-refractivity contribution in [2.45, 2.75) is 31.4 Å². The lowest BCUT2D eigenvalue weighted by molar-refractivity contribution is -0.165. The van der Waals surface area contributed by atoms with Crippen LogP contribution >= 0.6 is 0 Å². The number of pyridine rings is 1. The first kappa shape index (κ1) is 25.8. The monoisotopic (exact) mass is 483 g/mol. The molecule has 11 heteroatoms. The molecule has 0 radical (unpaired) electrons. The van der Waals surface area contributed by atoms with Gasteiger partial charge < -0.3 is 30.6 Å². The summed E-state index contributed by atoms with van der Waals surface area (Å²) in [5, 5.41) is 13.2. The van der Waals surface area contributed by atoms with E-state index in [0.717, 1.165) is 25.9 Å². The molecule has 186 valence electrons. The van der Waals surface area contributed by atoms with Crippen molar-refractivity contribution in [3.63, 3.8) is 0 Å². The van der Waals surface area contributed by atoms with Crippen molar-refractivity contribution in [2.24, 2.45) is 5.73 Å². The van der Waals surface area contributed by atoms with Crippen LogP contribution in [0.25, 0.3) is 0 Å². The minimum absolute atomic E-state index is 0.0168. The number of benzene rings is 1. The average molecular weight is 484 g/mol. The second-order valence-corrected chi connectivity index (χ2v) is 7.98. The lowest BCUT2D eigenvalue weighted by Gasteiger charge is -2.22. The van der Waals surface area contributed by atoms with Crippen LogP contribution in [0.2, 0.25) is 0 Å². The Morgan fingerprint density at radius 1 is 1.17 bits per heavy atom. The van der Waals surface area contributed by atoms with Crippen LogP contribution in [0.1, 0.15) is 34.5 Å². The fourth-order valence-corrected chi connectivity index (χ4v) is 3.47. The molecule has 2 aromatic rings. The van der Waals surface area contributed by atoms with E-state index in [1.54, 1.807) is 24.3 Å². The number of hydrogen-bond acceptors (Lipinski definition) is 9. The van der Waals surface area contributed by atoms with Crippen LogP contribution in [-0.2, 0) is 25.5 Å². The van der Waals surface area contributed by atoms with Gasteiger partial charge in [0.05, 0.1) is 13.2 Å². The SMILES string of the molecule is COc1ccc(C[C@H](NC(=O)c2ccc(C(=N)N)cn2)C(=O)OC(=O)COC2CCNCC2)cc1. The zero-order chi connectivity index (χ0) is 25.2. The second kappa shape index (κ2) is 12.6. The van der Waals surface area contributed by atoms with Crippen molar-refractivity contribution in [3.05, 3.63) is 59.4 Å². The van der Waals surface area contributed by atoms with E-state index in [4.69, 9.17) is 25.4 Å². The van der Waals surface area contributed by atoms with Gasteiger partial charge in [-0.05, 0) is 55.8 Å². The minimum Gasteiger partial charge on any atom is -0.497 e. The molecule has 0 bridgehead atoms. The van der Waals surface area contributed by atoms with E-state index in [1.807, 2.05) is 0 Å². The summed E-state index contributed by atoms with van der Waals surface area (Å²) in [6.07, 6.45) is 2.83. The number of rotatable bonds is 10. The molecule has 1 amide bonds. The highest BCUT2D eigenvalue weighted by Gasteiger charge is 2.27. The highest BCUT2D eigenvalue weighted by Crippen LogP contribution is 2.14. The summed E-state index contributed by atoms with van der Waals surface area (Å²) < 4.78 is 15.7. The first-order valence-electron chi connectivity index (χ1n) is 11.2. The van der Waals surface area contributed by atoms with Gasteiger partial charge in [0, 0.05) is 18.2 Å².